The van der Waals surface area contributed by atoms with Crippen LogP contribution in [-0.2, 0) is 19.6 Å². The summed E-state index contributed by atoms with van der Waals surface area (Å²) in [4.78, 5) is 25.5. The van der Waals surface area contributed by atoms with Crippen molar-refractivity contribution >= 4 is 33.2 Å². The molecule has 2 rings (SSSR count). The standard InChI is InChI=1S/C15H24N4O4S2/c1-18(2)9-7-16-14(20)15(21)17-11-12-5-3-8-19(12)25(22,23)13-6-4-10-24-13/h4,6,10,12H,3,5,7-9,11H2,1-2H3,(H,16,20)(H,17,21)/t12-/m0/s1. The molecule has 1 saturated heterocycles. The van der Waals surface area contributed by atoms with Crippen LogP contribution in [-0.4, -0.2) is 75.8 Å². The molecule has 0 bridgehead atoms. The molecule has 0 spiro atoms. The number of nitrogens with zero attached hydrogens (tertiary/aromatic N) is 2. The summed E-state index contributed by atoms with van der Waals surface area (Å²) in [5.41, 5.74) is 0. The molecule has 1 aliphatic heterocycles. The molecule has 0 aliphatic carbocycles. The Balaban J connectivity index is 1.87. The Morgan fingerprint density at radius 3 is 2.68 bits per heavy atom. The van der Waals surface area contributed by atoms with Crippen LogP contribution in [0.1, 0.15) is 12.8 Å². The number of rotatable bonds is 7. The lowest BCUT2D eigenvalue weighted by molar-refractivity contribution is -0.139. The van der Waals surface area contributed by atoms with Crippen molar-refractivity contribution in [1.29, 1.82) is 0 Å². The molecule has 1 atom stereocenters. The molecule has 1 fully saturated rings. The highest BCUT2D eigenvalue weighted by Gasteiger charge is 2.36. The van der Waals surface area contributed by atoms with E-state index in [0.29, 0.717) is 30.3 Å². The van der Waals surface area contributed by atoms with Gasteiger partial charge in [-0.3, -0.25) is 9.59 Å². The Kier molecular flexibility index (Phi) is 6.94. The number of amides is 2. The molecule has 1 aromatic heterocycles. The monoisotopic (exact) mass is 388 g/mol. The molecular formula is C15H24N4O4S2. The predicted octanol–water partition coefficient (Wildman–Crippen LogP) is -0.305. The number of nitrogens with one attached hydrogen (secondary N) is 2. The van der Waals surface area contributed by atoms with Gasteiger partial charge in [0.05, 0.1) is 0 Å². The minimum absolute atomic E-state index is 0.130. The second-order valence-corrected chi connectivity index (χ2v) is 9.18. The van der Waals surface area contributed by atoms with E-state index in [0.717, 1.165) is 6.42 Å². The Labute approximate surface area is 152 Å². The van der Waals surface area contributed by atoms with Gasteiger partial charge in [-0.1, -0.05) is 6.07 Å². The van der Waals surface area contributed by atoms with Crippen molar-refractivity contribution in [2.75, 3.05) is 40.3 Å². The fraction of sp³-hybridized carbons (Fsp3) is 0.600. The molecule has 1 aliphatic rings. The summed E-state index contributed by atoms with van der Waals surface area (Å²) in [6.45, 7) is 1.57. The fourth-order valence-corrected chi connectivity index (χ4v) is 5.43. The molecule has 0 aromatic carbocycles. The minimum Gasteiger partial charge on any atom is -0.347 e. The lowest BCUT2D eigenvalue weighted by Gasteiger charge is -2.23. The van der Waals surface area contributed by atoms with Gasteiger partial charge in [0.1, 0.15) is 4.21 Å². The van der Waals surface area contributed by atoms with Crippen LogP contribution >= 0.6 is 11.3 Å². The highest BCUT2D eigenvalue weighted by Crippen LogP contribution is 2.28. The number of likely N-dealkylation sites (N-methyl/N-ethyl adjacent to an activating group) is 1. The second-order valence-electron chi connectivity index (χ2n) is 6.11. The van der Waals surface area contributed by atoms with Crippen LogP contribution < -0.4 is 10.6 Å². The lowest BCUT2D eigenvalue weighted by Crippen LogP contribution is -2.47. The van der Waals surface area contributed by atoms with E-state index in [1.165, 1.54) is 15.6 Å². The van der Waals surface area contributed by atoms with Gasteiger partial charge in [-0.15, -0.1) is 11.3 Å². The van der Waals surface area contributed by atoms with Crippen LogP contribution in [0.15, 0.2) is 21.7 Å². The van der Waals surface area contributed by atoms with Crippen LogP contribution in [0.25, 0.3) is 0 Å². The van der Waals surface area contributed by atoms with Gasteiger partial charge < -0.3 is 15.5 Å². The van der Waals surface area contributed by atoms with Crippen LogP contribution in [0.5, 0.6) is 0 Å². The van der Waals surface area contributed by atoms with E-state index < -0.39 is 21.8 Å². The molecule has 0 unspecified atom stereocenters. The smallest absolute Gasteiger partial charge is 0.309 e. The van der Waals surface area contributed by atoms with Crippen molar-refractivity contribution in [2.45, 2.75) is 23.1 Å². The topological polar surface area (TPSA) is 98.8 Å². The third kappa shape index (κ3) is 5.24. The largest absolute Gasteiger partial charge is 0.347 e. The van der Waals surface area contributed by atoms with Crippen molar-refractivity contribution in [3.05, 3.63) is 17.5 Å². The molecule has 2 N–H and O–H groups in total. The maximum absolute atomic E-state index is 12.6. The van der Waals surface area contributed by atoms with E-state index in [-0.39, 0.29) is 12.6 Å². The Hall–Kier alpha value is -1.49. The number of thiophene rings is 1. The Morgan fingerprint density at radius 1 is 1.32 bits per heavy atom. The van der Waals surface area contributed by atoms with E-state index in [1.807, 2.05) is 19.0 Å². The van der Waals surface area contributed by atoms with Gasteiger partial charge in [0, 0.05) is 32.2 Å². The van der Waals surface area contributed by atoms with Gasteiger partial charge in [-0.25, -0.2) is 8.42 Å². The van der Waals surface area contributed by atoms with Crippen molar-refractivity contribution in [2.24, 2.45) is 0 Å². The maximum Gasteiger partial charge on any atom is 0.309 e. The van der Waals surface area contributed by atoms with E-state index in [9.17, 15) is 18.0 Å². The molecular weight excluding hydrogens is 364 g/mol. The maximum atomic E-state index is 12.6. The van der Waals surface area contributed by atoms with Crippen LogP contribution in [0.4, 0.5) is 0 Å². The first-order chi connectivity index (χ1) is 11.8. The summed E-state index contributed by atoms with van der Waals surface area (Å²) >= 11 is 1.17. The summed E-state index contributed by atoms with van der Waals surface area (Å²) in [5.74, 6) is -1.44. The lowest BCUT2D eigenvalue weighted by atomic mass is 10.2. The van der Waals surface area contributed by atoms with Crippen LogP contribution in [0.3, 0.4) is 0 Å². The van der Waals surface area contributed by atoms with E-state index in [2.05, 4.69) is 10.6 Å². The van der Waals surface area contributed by atoms with Crippen molar-refractivity contribution in [3.63, 3.8) is 0 Å². The van der Waals surface area contributed by atoms with Gasteiger partial charge in [-0.2, -0.15) is 4.31 Å². The normalized spacial score (nSPS) is 18.4. The van der Waals surface area contributed by atoms with Crippen LogP contribution in [0, 0.1) is 0 Å². The van der Waals surface area contributed by atoms with E-state index >= 15 is 0 Å². The summed E-state index contributed by atoms with van der Waals surface area (Å²) < 4.78 is 27.0. The zero-order valence-corrected chi connectivity index (χ0v) is 16.0. The highest BCUT2D eigenvalue weighted by molar-refractivity contribution is 7.91. The predicted molar refractivity (Wildman–Crippen MR) is 95.8 cm³/mol. The van der Waals surface area contributed by atoms with Gasteiger partial charge >= 0.3 is 11.8 Å². The first kappa shape index (κ1) is 19.8. The molecule has 1 aromatic rings. The van der Waals surface area contributed by atoms with Gasteiger partial charge in [0.25, 0.3) is 10.0 Å². The number of sulfonamides is 1. The van der Waals surface area contributed by atoms with Gasteiger partial charge in [0.2, 0.25) is 0 Å². The Bertz CT molecular complexity index is 688. The van der Waals surface area contributed by atoms with E-state index in [4.69, 9.17) is 0 Å². The van der Waals surface area contributed by atoms with Gasteiger partial charge in [-0.05, 0) is 38.4 Å². The second kappa shape index (κ2) is 8.75. The first-order valence-electron chi connectivity index (χ1n) is 8.08. The average Bonchev–Trinajstić information content (AvgIpc) is 3.23. The van der Waals surface area contributed by atoms with E-state index in [1.54, 1.807) is 17.5 Å². The van der Waals surface area contributed by atoms with Crippen molar-refractivity contribution < 1.29 is 18.0 Å². The van der Waals surface area contributed by atoms with Gasteiger partial charge in [0.15, 0.2) is 0 Å². The molecule has 25 heavy (non-hydrogen) atoms. The SMILES string of the molecule is CN(C)CCNC(=O)C(=O)NC[C@@H]1CCCN1S(=O)(=O)c1cccs1. The summed E-state index contributed by atoms with van der Waals surface area (Å²) in [6.07, 6.45) is 1.40. The number of hydrogen-bond acceptors (Lipinski definition) is 6. The van der Waals surface area contributed by atoms with Crippen molar-refractivity contribution in [1.82, 2.24) is 19.8 Å². The summed E-state index contributed by atoms with van der Waals surface area (Å²) in [7, 11) is 0.198. The highest BCUT2D eigenvalue weighted by atomic mass is 32.2. The van der Waals surface area contributed by atoms with Crippen molar-refractivity contribution in [3.8, 4) is 0 Å². The third-order valence-electron chi connectivity index (χ3n) is 3.93. The number of carbonyl (C=O) groups excluding carboxylic acids is 2. The molecule has 8 nitrogen and oxygen atoms in total. The molecule has 2 amide bonds. The molecule has 0 radical (unpaired) electrons. The molecule has 0 saturated carbocycles. The average molecular weight is 389 g/mol. The summed E-state index contributed by atoms with van der Waals surface area (Å²) in [6, 6.07) is 2.94. The molecule has 140 valence electrons. The minimum atomic E-state index is -3.54. The molecule has 2 heterocycles. The van der Waals surface area contributed by atoms with Crippen LogP contribution in [0.2, 0.25) is 0 Å². The zero-order chi connectivity index (χ0) is 18.4. The first-order valence-corrected chi connectivity index (χ1v) is 10.4. The third-order valence-corrected chi connectivity index (χ3v) is 7.26. The zero-order valence-electron chi connectivity index (χ0n) is 14.4. The number of hydrogen-bond donors (Lipinski definition) is 2. The molecule has 10 heteroatoms. The fourth-order valence-electron chi connectivity index (χ4n) is 2.62. The quantitative estimate of drug-likeness (QED) is 0.625. The number of carbonyl (C=O) groups is 2. The summed E-state index contributed by atoms with van der Waals surface area (Å²) in [5, 5.41) is 6.79. The Morgan fingerprint density at radius 2 is 2.04 bits per heavy atom.